The van der Waals surface area contributed by atoms with Crippen LogP contribution in [-0.2, 0) is 0 Å². The van der Waals surface area contributed by atoms with E-state index in [2.05, 4.69) is 0 Å². The van der Waals surface area contributed by atoms with Crippen molar-refractivity contribution in [1.82, 2.24) is 18.3 Å². The van der Waals surface area contributed by atoms with Crippen LogP contribution in [0.1, 0.15) is 10.4 Å². The number of benzene rings is 4. The summed E-state index contributed by atoms with van der Waals surface area (Å²) < 4.78 is 4.50. The predicted octanol–water partition coefficient (Wildman–Crippen LogP) is 2.95. The van der Waals surface area contributed by atoms with Gasteiger partial charge in [-0.1, -0.05) is 72.8 Å². The minimum absolute atomic E-state index is 0.114. The van der Waals surface area contributed by atoms with Gasteiger partial charge in [0.1, 0.15) is 17.2 Å². The molecule has 4 aromatic carbocycles. The van der Waals surface area contributed by atoms with E-state index in [1.807, 2.05) is 12.1 Å². The largest absolute Gasteiger partial charge is 0.385 e. The molecule has 2 aromatic heterocycles. The van der Waals surface area contributed by atoms with Gasteiger partial charge < -0.3 is 11.5 Å². The van der Waals surface area contributed by atoms with Gasteiger partial charge >= 0.3 is 11.4 Å². The summed E-state index contributed by atoms with van der Waals surface area (Å²) in [4.78, 5) is 61.4. The van der Waals surface area contributed by atoms with Crippen molar-refractivity contribution in [3.63, 3.8) is 0 Å². The van der Waals surface area contributed by atoms with E-state index in [1.165, 1.54) is 10.6 Å². The minimum Gasteiger partial charge on any atom is -0.385 e. The molecular weight excluding hydrogens is 560 g/mol. The number of carbonyl (C=O) groups is 1. The van der Waals surface area contributed by atoms with E-state index in [-0.39, 0.29) is 17.2 Å². The van der Waals surface area contributed by atoms with Gasteiger partial charge in [0.05, 0.1) is 22.7 Å². The molecule has 0 saturated heterocycles. The van der Waals surface area contributed by atoms with Crippen LogP contribution in [0.15, 0.2) is 147 Å². The molecule has 6 aromatic rings. The molecule has 0 bridgehead atoms. The maximum Gasteiger partial charge on any atom is 0.341 e. The second-order valence-electron chi connectivity index (χ2n) is 9.38. The molecule has 0 unspecified atom stereocenters. The quantitative estimate of drug-likeness (QED) is 0.294. The first-order valence-corrected chi connectivity index (χ1v) is 13.3. The fraction of sp³-hybridized carbons (Fsp3) is 0. The van der Waals surface area contributed by atoms with Crippen molar-refractivity contribution in [3.8, 4) is 22.7 Å². The molecule has 4 N–H and O–H groups in total. The van der Waals surface area contributed by atoms with Crippen molar-refractivity contribution < 1.29 is 4.79 Å². The van der Waals surface area contributed by atoms with Gasteiger partial charge in [0, 0.05) is 6.07 Å². The number of anilines is 2. The number of nitrogens with zero attached hydrogens (tertiary/aromatic N) is 4. The third-order valence-electron chi connectivity index (χ3n) is 6.64. The number of nitrogens with two attached hydrogens (primary N) is 2. The number of aromatic nitrogens is 4. The van der Waals surface area contributed by atoms with Crippen LogP contribution >= 0.6 is 0 Å². The van der Waals surface area contributed by atoms with E-state index >= 15 is 0 Å². The zero-order valence-corrected chi connectivity index (χ0v) is 23.2. The fourth-order valence-corrected chi connectivity index (χ4v) is 4.59. The summed E-state index contributed by atoms with van der Waals surface area (Å²) in [5, 5.41) is 0. The van der Waals surface area contributed by atoms with E-state index in [0.717, 1.165) is 13.7 Å². The highest BCUT2D eigenvalue weighted by Crippen LogP contribution is 2.13. The van der Waals surface area contributed by atoms with Crippen molar-refractivity contribution >= 4 is 17.9 Å². The summed E-state index contributed by atoms with van der Waals surface area (Å²) in [6, 6.07) is 36.0. The molecule has 0 atom stereocenters. The van der Waals surface area contributed by atoms with Gasteiger partial charge in [-0.3, -0.25) is 14.4 Å². The van der Waals surface area contributed by atoms with Crippen LogP contribution in [0.5, 0.6) is 0 Å². The third-order valence-corrected chi connectivity index (χ3v) is 6.64. The van der Waals surface area contributed by atoms with Crippen molar-refractivity contribution in [1.29, 1.82) is 0 Å². The van der Waals surface area contributed by atoms with Crippen LogP contribution in [0, 0.1) is 0 Å². The van der Waals surface area contributed by atoms with E-state index in [4.69, 9.17) is 11.5 Å². The fourth-order valence-electron chi connectivity index (χ4n) is 4.59. The van der Waals surface area contributed by atoms with Gasteiger partial charge in [0.25, 0.3) is 11.1 Å². The molecular formula is C33H26N6O5. The summed E-state index contributed by atoms with van der Waals surface area (Å²) in [6.07, 6.45) is 0.371. The van der Waals surface area contributed by atoms with E-state index in [1.54, 1.807) is 109 Å². The lowest BCUT2D eigenvalue weighted by atomic mass is 10.2. The molecule has 2 heterocycles. The third kappa shape index (κ3) is 5.52. The molecule has 0 radical (unpaired) electrons. The molecule has 0 amide bonds. The van der Waals surface area contributed by atoms with Crippen LogP contribution in [0.3, 0.4) is 0 Å². The maximum atomic E-state index is 12.8. The van der Waals surface area contributed by atoms with Gasteiger partial charge in [-0.25, -0.2) is 27.9 Å². The Balaban J connectivity index is 0.000000175. The Labute approximate surface area is 249 Å². The van der Waals surface area contributed by atoms with E-state index < -0.39 is 22.5 Å². The first-order valence-electron chi connectivity index (χ1n) is 13.3. The molecule has 11 heteroatoms. The molecule has 0 aliphatic heterocycles. The number of hydrogen-bond acceptors (Lipinski definition) is 7. The molecule has 44 heavy (non-hydrogen) atoms. The van der Waals surface area contributed by atoms with Crippen LogP contribution < -0.4 is 34.0 Å². The number of hydrogen-bond donors (Lipinski definition) is 2. The first kappa shape index (κ1) is 29.0. The molecule has 6 rings (SSSR count). The molecule has 0 saturated carbocycles. The standard InChI is InChI=1S/C17H13N3O3.C16H13N3O2/c18-15-14(11-21)16(22)20(13-9-5-2-6-10-13)17(23)19(15)12-7-3-1-4-8-12;17-14-11-15(20)19(13-9-5-2-6-10-13)16(21)18(14)12-7-3-1-4-8-12/h1-11H,18H2;1-11H,17H2. The zero-order valence-electron chi connectivity index (χ0n) is 23.2. The lowest BCUT2D eigenvalue weighted by molar-refractivity contribution is 0.112. The second kappa shape index (κ2) is 12.6. The Hall–Kier alpha value is -6.49. The van der Waals surface area contributed by atoms with Crippen molar-refractivity contribution in [2.45, 2.75) is 0 Å². The number of aldehydes is 1. The van der Waals surface area contributed by atoms with Gasteiger partial charge in [-0.05, 0) is 48.5 Å². The number of para-hydroxylation sites is 4. The van der Waals surface area contributed by atoms with Crippen LogP contribution in [0.2, 0.25) is 0 Å². The Kier molecular flexibility index (Phi) is 8.29. The highest BCUT2D eigenvalue weighted by Gasteiger charge is 2.18. The Morgan fingerprint density at radius 1 is 0.477 bits per heavy atom. The Morgan fingerprint density at radius 2 is 0.841 bits per heavy atom. The van der Waals surface area contributed by atoms with Gasteiger partial charge in [-0.15, -0.1) is 0 Å². The highest BCUT2D eigenvalue weighted by molar-refractivity contribution is 5.81. The Bertz CT molecular complexity index is 2170. The Morgan fingerprint density at radius 3 is 1.27 bits per heavy atom. The summed E-state index contributed by atoms with van der Waals surface area (Å²) in [6.45, 7) is 0. The molecule has 11 nitrogen and oxygen atoms in total. The minimum atomic E-state index is -0.735. The summed E-state index contributed by atoms with van der Waals surface area (Å²) >= 11 is 0. The monoisotopic (exact) mass is 586 g/mol. The normalized spacial score (nSPS) is 10.5. The number of nitrogen functional groups attached to an aromatic ring is 2. The maximum absolute atomic E-state index is 12.8. The van der Waals surface area contributed by atoms with Crippen LogP contribution in [0.25, 0.3) is 22.7 Å². The van der Waals surface area contributed by atoms with E-state index in [9.17, 15) is 24.0 Å². The predicted molar refractivity (Wildman–Crippen MR) is 169 cm³/mol. The lowest BCUT2D eigenvalue weighted by Gasteiger charge is -2.14. The number of carbonyl (C=O) groups excluding carboxylic acids is 1. The van der Waals surface area contributed by atoms with E-state index in [0.29, 0.717) is 29.0 Å². The summed E-state index contributed by atoms with van der Waals surface area (Å²) in [7, 11) is 0. The second-order valence-corrected chi connectivity index (χ2v) is 9.38. The van der Waals surface area contributed by atoms with Gasteiger partial charge in [0.15, 0.2) is 6.29 Å². The average molecular weight is 587 g/mol. The molecule has 0 spiro atoms. The SMILES string of the molecule is Nc1c(C=O)c(=O)n(-c2ccccc2)c(=O)n1-c1ccccc1.Nc1cc(=O)n(-c2ccccc2)c(=O)n1-c1ccccc1. The van der Waals surface area contributed by atoms with Crippen LogP contribution in [0.4, 0.5) is 11.6 Å². The molecule has 0 aliphatic carbocycles. The molecule has 0 aliphatic rings. The summed E-state index contributed by atoms with van der Waals surface area (Å²) in [5.74, 6) is -0.0586. The van der Waals surface area contributed by atoms with Crippen molar-refractivity contribution in [2.24, 2.45) is 0 Å². The zero-order chi connectivity index (χ0) is 31.2. The first-order chi connectivity index (χ1) is 21.3. The smallest absolute Gasteiger partial charge is 0.341 e. The van der Waals surface area contributed by atoms with Gasteiger partial charge in [0.2, 0.25) is 0 Å². The van der Waals surface area contributed by atoms with Crippen molar-refractivity contribution in [3.05, 3.63) is 175 Å². The topological polar surface area (TPSA) is 157 Å². The average Bonchev–Trinajstić information content (AvgIpc) is 3.03. The van der Waals surface area contributed by atoms with Crippen molar-refractivity contribution in [2.75, 3.05) is 11.5 Å². The van der Waals surface area contributed by atoms with Crippen LogP contribution in [-0.4, -0.2) is 24.6 Å². The number of rotatable bonds is 5. The molecule has 0 fully saturated rings. The van der Waals surface area contributed by atoms with Gasteiger partial charge in [-0.2, -0.15) is 0 Å². The summed E-state index contributed by atoms with van der Waals surface area (Å²) in [5.41, 5.74) is 11.2. The lowest BCUT2D eigenvalue weighted by Crippen LogP contribution is -2.41. The highest BCUT2D eigenvalue weighted by atomic mass is 16.2. The molecule has 218 valence electrons.